The zero-order chi connectivity index (χ0) is 13.1. The number of carbonyl (C=O) groups excluding carboxylic acids is 1. The van der Waals surface area contributed by atoms with Gasteiger partial charge in [0.25, 0.3) is 0 Å². The molecule has 2 N–H and O–H groups in total. The lowest BCUT2D eigenvalue weighted by molar-refractivity contribution is -0.119. The molecule has 0 aliphatic carbocycles. The van der Waals surface area contributed by atoms with E-state index in [1.165, 1.54) is 12.1 Å². The Morgan fingerprint density at radius 1 is 1.44 bits per heavy atom. The van der Waals surface area contributed by atoms with Crippen LogP contribution < -0.4 is 5.32 Å². The predicted molar refractivity (Wildman–Crippen MR) is 67.4 cm³/mol. The van der Waals surface area contributed by atoms with E-state index in [-0.39, 0.29) is 17.5 Å². The van der Waals surface area contributed by atoms with Crippen LogP contribution in [0.4, 0.5) is 10.1 Å². The molecule has 1 unspecified atom stereocenters. The average molecular weight is 269 g/mol. The van der Waals surface area contributed by atoms with Crippen molar-refractivity contribution >= 4 is 29.3 Å². The monoisotopic (exact) mass is 269 g/mol. The summed E-state index contributed by atoms with van der Waals surface area (Å²) in [5, 5.41) is 11.4. The molecular formula is C12H12FNO3S. The van der Waals surface area contributed by atoms with Crippen molar-refractivity contribution in [1.29, 1.82) is 0 Å². The van der Waals surface area contributed by atoms with E-state index < -0.39 is 17.3 Å². The van der Waals surface area contributed by atoms with E-state index in [0.29, 0.717) is 0 Å². The summed E-state index contributed by atoms with van der Waals surface area (Å²) >= 11 is 1.68. The number of halogens is 1. The van der Waals surface area contributed by atoms with Crippen LogP contribution in [0.5, 0.6) is 0 Å². The number of amides is 1. The molecule has 1 heterocycles. The van der Waals surface area contributed by atoms with Gasteiger partial charge in [0.05, 0.1) is 5.69 Å². The number of benzene rings is 1. The highest BCUT2D eigenvalue weighted by molar-refractivity contribution is 7.99. The number of rotatable bonds is 3. The summed E-state index contributed by atoms with van der Waals surface area (Å²) in [6.07, 6.45) is 0.772. The fourth-order valence-electron chi connectivity index (χ4n) is 1.82. The Kier molecular flexibility index (Phi) is 3.86. The molecule has 0 radical (unpaired) electrons. The first-order valence-electron chi connectivity index (χ1n) is 5.50. The number of carboxylic acid groups (broad SMARTS) is 1. The second-order valence-electron chi connectivity index (χ2n) is 4.02. The van der Waals surface area contributed by atoms with Crippen LogP contribution in [0.15, 0.2) is 18.2 Å². The van der Waals surface area contributed by atoms with E-state index in [2.05, 4.69) is 5.32 Å². The lowest BCUT2D eigenvalue weighted by Crippen LogP contribution is -2.23. The summed E-state index contributed by atoms with van der Waals surface area (Å²) in [7, 11) is 0. The Hall–Kier alpha value is -1.56. The van der Waals surface area contributed by atoms with E-state index in [4.69, 9.17) is 5.11 Å². The maximum atomic E-state index is 13.4. The molecule has 1 aliphatic heterocycles. The van der Waals surface area contributed by atoms with Gasteiger partial charge in [-0.05, 0) is 24.3 Å². The lowest BCUT2D eigenvalue weighted by atomic mass is 10.1. The standard InChI is InChI=1S/C12H12FNO3S/c13-8-2-1-3-9(10(8)12(16)17)14-11(15)7-4-5-18-6-7/h1-3,7H,4-6H2,(H,14,15)(H,16,17). The Labute approximate surface area is 108 Å². The molecule has 0 saturated carbocycles. The molecule has 18 heavy (non-hydrogen) atoms. The first-order valence-corrected chi connectivity index (χ1v) is 6.65. The topological polar surface area (TPSA) is 66.4 Å². The number of carboxylic acids is 1. The molecule has 1 fully saturated rings. The minimum atomic E-state index is -1.39. The number of carbonyl (C=O) groups is 2. The maximum absolute atomic E-state index is 13.4. The number of hydrogen-bond donors (Lipinski definition) is 2. The molecule has 1 aromatic rings. The first kappa shape index (κ1) is 12.9. The first-order chi connectivity index (χ1) is 8.59. The molecule has 6 heteroatoms. The van der Waals surface area contributed by atoms with E-state index in [1.807, 2.05) is 0 Å². The van der Waals surface area contributed by atoms with E-state index in [0.717, 1.165) is 24.0 Å². The molecule has 0 aromatic heterocycles. The fourth-order valence-corrected chi connectivity index (χ4v) is 3.04. The van der Waals surface area contributed by atoms with Gasteiger partial charge in [-0.1, -0.05) is 6.07 Å². The summed E-state index contributed by atoms with van der Waals surface area (Å²) in [6.45, 7) is 0. The SMILES string of the molecule is O=C(O)c1c(F)cccc1NC(=O)C1CCSC1. The smallest absolute Gasteiger partial charge is 0.340 e. The van der Waals surface area contributed by atoms with Gasteiger partial charge in [0.15, 0.2) is 0 Å². The summed E-state index contributed by atoms with van der Waals surface area (Å²) in [4.78, 5) is 22.8. The van der Waals surface area contributed by atoms with Crippen molar-refractivity contribution in [3.05, 3.63) is 29.6 Å². The van der Waals surface area contributed by atoms with Crippen molar-refractivity contribution in [2.24, 2.45) is 5.92 Å². The van der Waals surface area contributed by atoms with Crippen molar-refractivity contribution in [1.82, 2.24) is 0 Å². The Balaban J connectivity index is 2.20. The summed E-state index contributed by atoms with van der Waals surface area (Å²) in [5.41, 5.74) is -0.471. The number of hydrogen-bond acceptors (Lipinski definition) is 3. The molecule has 0 spiro atoms. The van der Waals surface area contributed by atoms with Crippen molar-refractivity contribution in [3.8, 4) is 0 Å². The van der Waals surface area contributed by atoms with Gasteiger partial charge in [-0.25, -0.2) is 9.18 Å². The number of anilines is 1. The van der Waals surface area contributed by atoms with E-state index in [9.17, 15) is 14.0 Å². The predicted octanol–water partition coefficient (Wildman–Crippen LogP) is 2.22. The van der Waals surface area contributed by atoms with Gasteiger partial charge in [0, 0.05) is 11.7 Å². The maximum Gasteiger partial charge on any atom is 0.340 e. The van der Waals surface area contributed by atoms with Gasteiger partial charge in [-0.15, -0.1) is 0 Å². The van der Waals surface area contributed by atoms with Gasteiger partial charge in [-0.2, -0.15) is 11.8 Å². The third kappa shape index (κ3) is 2.64. The third-order valence-electron chi connectivity index (χ3n) is 2.79. The number of thioether (sulfide) groups is 1. The molecular weight excluding hydrogens is 257 g/mol. The Morgan fingerprint density at radius 3 is 2.83 bits per heavy atom. The van der Waals surface area contributed by atoms with Gasteiger partial charge in [-0.3, -0.25) is 4.79 Å². The van der Waals surface area contributed by atoms with Crippen LogP contribution in [0, 0.1) is 11.7 Å². The molecule has 2 rings (SSSR count). The summed E-state index contributed by atoms with van der Waals surface area (Å²) in [5.74, 6) is -0.949. The van der Waals surface area contributed by atoms with Gasteiger partial charge in [0.1, 0.15) is 11.4 Å². The highest BCUT2D eigenvalue weighted by Gasteiger charge is 2.25. The molecule has 1 aromatic carbocycles. The van der Waals surface area contributed by atoms with Gasteiger partial charge < -0.3 is 10.4 Å². The minimum absolute atomic E-state index is 0.0180. The van der Waals surface area contributed by atoms with Crippen LogP contribution in [-0.2, 0) is 4.79 Å². The van der Waals surface area contributed by atoms with Gasteiger partial charge >= 0.3 is 5.97 Å². The van der Waals surface area contributed by atoms with Crippen molar-refractivity contribution in [3.63, 3.8) is 0 Å². The van der Waals surface area contributed by atoms with Crippen LogP contribution in [0.3, 0.4) is 0 Å². The third-order valence-corrected chi connectivity index (χ3v) is 3.95. The summed E-state index contributed by atoms with van der Waals surface area (Å²) in [6, 6.07) is 3.83. The molecule has 1 amide bonds. The second kappa shape index (κ2) is 5.39. The number of aromatic carboxylic acids is 1. The van der Waals surface area contributed by atoms with Crippen molar-refractivity contribution < 1.29 is 19.1 Å². The summed E-state index contributed by atoms with van der Waals surface area (Å²) < 4.78 is 13.4. The second-order valence-corrected chi connectivity index (χ2v) is 5.17. The molecule has 1 atom stereocenters. The molecule has 1 saturated heterocycles. The van der Waals surface area contributed by atoms with Crippen LogP contribution in [0.25, 0.3) is 0 Å². The quantitative estimate of drug-likeness (QED) is 0.883. The van der Waals surface area contributed by atoms with E-state index >= 15 is 0 Å². The van der Waals surface area contributed by atoms with Crippen molar-refractivity contribution in [2.75, 3.05) is 16.8 Å². The van der Waals surface area contributed by atoms with Crippen molar-refractivity contribution in [2.45, 2.75) is 6.42 Å². The fraction of sp³-hybridized carbons (Fsp3) is 0.333. The normalized spacial score (nSPS) is 18.6. The molecule has 0 bridgehead atoms. The van der Waals surface area contributed by atoms with Crippen LogP contribution >= 0.6 is 11.8 Å². The van der Waals surface area contributed by atoms with Crippen LogP contribution in [0.2, 0.25) is 0 Å². The highest BCUT2D eigenvalue weighted by Crippen LogP contribution is 2.26. The molecule has 4 nitrogen and oxygen atoms in total. The average Bonchev–Trinajstić information content (AvgIpc) is 2.81. The number of nitrogens with one attached hydrogen (secondary N) is 1. The lowest BCUT2D eigenvalue weighted by Gasteiger charge is -2.12. The molecule has 96 valence electrons. The largest absolute Gasteiger partial charge is 0.478 e. The Morgan fingerprint density at radius 2 is 2.22 bits per heavy atom. The van der Waals surface area contributed by atoms with Crippen LogP contribution in [0.1, 0.15) is 16.8 Å². The highest BCUT2D eigenvalue weighted by atomic mass is 32.2. The van der Waals surface area contributed by atoms with Crippen LogP contribution in [-0.4, -0.2) is 28.5 Å². The minimum Gasteiger partial charge on any atom is -0.478 e. The zero-order valence-corrected chi connectivity index (χ0v) is 10.3. The Bertz CT molecular complexity index is 486. The van der Waals surface area contributed by atoms with Gasteiger partial charge in [0.2, 0.25) is 5.91 Å². The molecule has 1 aliphatic rings. The van der Waals surface area contributed by atoms with E-state index in [1.54, 1.807) is 11.8 Å². The zero-order valence-electron chi connectivity index (χ0n) is 9.48.